The predicted octanol–water partition coefficient (Wildman–Crippen LogP) is 2.74. The van der Waals surface area contributed by atoms with Gasteiger partial charge in [-0.3, -0.25) is 9.80 Å². The summed E-state index contributed by atoms with van der Waals surface area (Å²) in [5.74, 6) is 0. The van der Waals surface area contributed by atoms with Crippen LogP contribution in [0.5, 0.6) is 0 Å². The average molecular weight is 328 g/mol. The first-order chi connectivity index (χ1) is 11.0. The number of aliphatic hydroxyl groups is 1. The zero-order valence-electron chi connectivity index (χ0n) is 13.1. The Morgan fingerprint density at radius 1 is 1.13 bits per heavy atom. The number of rotatable bonds is 4. The third-order valence-electron chi connectivity index (χ3n) is 5.04. The Morgan fingerprint density at radius 3 is 2.52 bits per heavy atom. The molecule has 1 unspecified atom stereocenters. The molecule has 3 nitrogen and oxygen atoms in total. The van der Waals surface area contributed by atoms with Crippen LogP contribution in [0.4, 0.5) is 13.2 Å². The molecule has 1 aromatic rings. The highest BCUT2D eigenvalue weighted by Gasteiger charge is 2.36. The molecule has 0 aromatic heterocycles. The molecule has 2 heterocycles. The second kappa shape index (κ2) is 6.79. The van der Waals surface area contributed by atoms with Crippen molar-refractivity contribution < 1.29 is 18.3 Å². The molecular weight excluding hydrogens is 305 g/mol. The number of fused-ring (bicyclic) bond motifs is 1. The van der Waals surface area contributed by atoms with Gasteiger partial charge in [-0.15, -0.1) is 0 Å². The Kier molecular flexibility index (Phi) is 4.94. The van der Waals surface area contributed by atoms with E-state index in [-0.39, 0.29) is 12.6 Å². The third-order valence-corrected chi connectivity index (χ3v) is 5.04. The van der Waals surface area contributed by atoms with Crippen LogP contribution in [0.2, 0.25) is 0 Å². The van der Waals surface area contributed by atoms with Gasteiger partial charge in [0.25, 0.3) is 0 Å². The number of nitrogens with zero attached hydrogens (tertiary/aromatic N) is 2. The SMILES string of the molecule is OCC[C@H]1CN2CCCC2CN1Cc1ccc(C(F)(F)F)cc1. The lowest BCUT2D eigenvalue weighted by molar-refractivity contribution is -0.137. The summed E-state index contributed by atoms with van der Waals surface area (Å²) in [5, 5.41) is 9.30. The van der Waals surface area contributed by atoms with Crippen molar-refractivity contribution in [2.24, 2.45) is 0 Å². The van der Waals surface area contributed by atoms with Crippen LogP contribution in [0, 0.1) is 0 Å². The lowest BCUT2D eigenvalue weighted by Crippen LogP contribution is -2.55. The number of halogens is 3. The standard InChI is InChI=1S/C17H23F3N2O/c18-17(19,20)14-5-3-13(4-6-14)10-22-12-15-2-1-8-21(15)11-16(22)7-9-23/h3-6,15-16,23H,1-2,7-12H2/t15?,16-/m0/s1. The van der Waals surface area contributed by atoms with E-state index in [1.165, 1.54) is 12.8 Å². The van der Waals surface area contributed by atoms with Gasteiger partial charge in [0, 0.05) is 38.3 Å². The molecule has 3 rings (SSSR count). The van der Waals surface area contributed by atoms with Gasteiger partial charge in [-0.25, -0.2) is 0 Å². The van der Waals surface area contributed by atoms with E-state index in [0.717, 1.165) is 37.3 Å². The van der Waals surface area contributed by atoms with Crippen LogP contribution in [0.25, 0.3) is 0 Å². The quantitative estimate of drug-likeness (QED) is 0.921. The topological polar surface area (TPSA) is 26.7 Å². The molecule has 128 valence electrons. The fraction of sp³-hybridized carbons (Fsp3) is 0.647. The summed E-state index contributed by atoms with van der Waals surface area (Å²) in [7, 11) is 0. The van der Waals surface area contributed by atoms with E-state index < -0.39 is 11.7 Å². The number of aliphatic hydroxyl groups excluding tert-OH is 1. The minimum absolute atomic E-state index is 0.146. The molecule has 0 aliphatic carbocycles. The fourth-order valence-corrected chi connectivity index (χ4v) is 3.80. The number of benzene rings is 1. The van der Waals surface area contributed by atoms with E-state index in [4.69, 9.17) is 0 Å². The smallest absolute Gasteiger partial charge is 0.396 e. The van der Waals surface area contributed by atoms with Crippen molar-refractivity contribution in [1.29, 1.82) is 0 Å². The van der Waals surface area contributed by atoms with Crippen molar-refractivity contribution in [3.63, 3.8) is 0 Å². The minimum atomic E-state index is -4.28. The van der Waals surface area contributed by atoms with Crippen LogP contribution in [-0.4, -0.2) is 53.2 Å². The third kappa shape index (κ3) is 3.87. The van der Waals surface area contributed by atoms with Gasteiger partial charge in [-0.05, 0) is 43.5 Å². The second-order valence-corrected chi connectivity index (χ2v) is 6.58. The molecule has 2 fully saturated rings. The largest absolute Gasteiger partial charge is 0.416 e. The predicted molar refractivity (Wildman–Crippen MR) is 81.9 cm³/mol. The number of alkyl halides is 3. The minimum Gasteiger partial charge on any atom is -0.396 e. The van der Waals surface area contributed by atoms with E-state index in [0.29, 0.717) is 19.0 Å². The molecule has 2 atom stereocenters. The highest BCUT2D eigenvalue weighted by Crippen LogP contribution is 2.30. The summed E-state index contributed by atoms with van der Waals surface area (Å²) in [6, 6.07) is 6.28. The maximum absolute atomic E-state index is 12.6. The van der Waals surface area contributed by atoms with Crippen LogP contribution in [0.3, 0.4) is 0 Å². The molecule has 0 amide bonds. The Morgan fingerprint density at radius 2 is 1.87 bits per heavy atom. The zero-order chi connectivity index (χ0) is 16.4. The average Bonchev–Trinajstić information content (AvgIpc) is 2.94. The maximum Gasteiger partial charge on any atom is 0.416 e. The van der Waals surface area contributed by atoms with Crippen molar-refractivity contribution in [1.82, 2.24) is 9.80 Å². The van der Waals surface area contributed by atoms with Crippen molar-refractivity contribution in [2.45, 2.75) is 44.1 Å². The molecule has 2 aliphatic rings. The van der Waals surface area contributed by atoms with Gasteiger partial charge in [0.15, 0.2) is 0 Å². The van der Waals surface area contributed by atoms with Crippen LogP contribution in [0.1, 0.15) is 30.4 Å². The monoisotopic (exact) mass is 328 g/mol. The molecule has 2 aliphatic heterocycles. The maximum atomic E-state index is 12.6. The summed E-state index contributed by atoms with van der Waals surface area (Å²) < 4.78 is 37.9. The summed E-state index contributed by atoms with van der Waals surface area (Å²) in [5.41, 5.74) is 0.293. The first-order valence-electron chi connectivity index (χ1n) is 8.22. The lowest BCUT2D eigenvalue weighted by atomic mass is 10.0. The molecule has 6 heteroatoms. The molecule has 0 spiro atoms. The number of hydrogen-bond donors (Lipinski definition) is 1. The Bertz CT molecular complexity index is 518. The van der Waals surface area contributed by atoms with Crippen molar-refractivity contribution in [3.05, 3.63) is 35.4 Å². The fourth-order valence-electron chi connectivity index (χ4n) is 3.80. The molecular formula is C17H23F3N2O. The van der Waals surface area contributed by atoms with Crippen molar-refractivity contribution >= 4 is 0 Å². The highest BCUT2D eigenvalue weighted by molar-refractivity contribution is 5.24. The van der Waals surface area contributed by atoms with Gasteiger partial charge < -0.3 is 5.11 Å². The van der Waals surface area contributed by atoms with Crippen LogP contribution < -0.4 is 0 Å². The Hall–Kier alpha value is -1.11. The van der Waals surface area contributed by atoms with Crippen LogP contribution in [-0.2, 0) is 12.7 Å². The first-order valence-corrected chi connectivity index (χ1v) is 8.22. The highest BCUT2D eigenvalue weighted by atomic mass is 19.4. The normalized spacial score (nSPS) is 26.4. The number of hydrogen-bond acceptors (Lipinski definition) is 3. The molecule has 1 aromatic carbocycles. The summed E-state index contributed by atoms with van der Waals surface area (Å²) >= 11 is 0. The molecule has 1 N–H and O–H groups in total. The lowest BCUT2D eigenvalue weighted by Gasteiger charge is -2.43. The Balaban J connectivity index is 1.69. The molecule has 2 saturated heterocycles. The first kappa shape index (κ1) is 16.7. The van der Waals surface area contributed by atoms with Crippen LogP contribution >= 0.6 is 0 Å². The van der Waals surface area contributed by atoms with E-state index in [1.54, 1.807) is 12.1 Å². The van der Waals surface area contributed by atoms with E-state index in [9.17, 15) is 18.3 Å². The summed E-state index contributed by atoms with van der Waals surface area (Å²) in [6.45, 7) is 3.80. The second-order valence-electron chi connectivity index (χ2n) is 6.58. The van der Waals surface area contributed by atoms with Gasteiger partial charge in [0.05, 0.1) is 5.56 Å². The van der Waals surface area contributed by atoms with E-state index in [1.807, 2.05) is 0 Å². The van der Waals surface area contributed by atoms with Gasteiger partial charge in [-0.1, -0.05) is 12.1 Å². The van der Waals surface area contributed by atoms with Crippen molar-refractivity contribution in [3.8, 4) is 0 Å². The van der Waals surface area contributed by atoms with Crippen molar-refractivity contribution in [2.75, 3.05) is 26.2 Å². The molecule has 0 saturated carbocycles. The molecule has 0 bridgehead atoms. The summed E-state index contributed by atoms with van der Waals surface area (Å²) in [4.78, 5) is 4.81. The zero-order valence-corrected chi connectivity index (χ0v) is 13.1. The van der Waals surface area contributed by atoms with Gasteiger partial charge in [-0.2, -0.15) is 13.2 Å². The van der Waals surface area contributed by atoms with Gasteiger partial charge >= 0.3 is 6.18 Å². The number of piperazine rings is 1. The van der Waals surface area contributed by atoms with E-state index in [2.05, 4.69) is 9.80 Å². The van der Waals surface area contributed by atoms with Gasteiger partial charge in [0.2, 0.25) is 0 Å². The summed E-state index contributed by atoms with van der Waals surface area (Å²) in [6.07, 6.45) is -1.17. The molecule has 0 radical (unpaired) electrons. The van der Waals surface area contributed by atoms with Crippen LogP contribution in [0.15, 0.2) is 24.3 Å². The van der Waals surface area contributed by atoms with Gasteiger partial charge in [0.1, 0.15) is 0 Å². The van der Waals surface area contributed by atoms with E-state index >= 15 is 0 Å². The Labute approximate surface area is 134 Å². The molecule has 23 heavy (non-hydrogen) atoms.